The van der Waals surface area contributed by atoms with Crippen LogP contribution in [-0.4, -0.2) is 52.1 Å². The number of esters is 1. The van der Waals surface area contributed by atoms with E-state index in [1.54, 1.807) is 19.9 Å². The van der Waals surface area contributed by atoms with Gasteiger partial charge >= 0.3 is 12.1 Å². The molecule has 1 aliphatic carbocycles. The quantitative estimate of drug-likeness (QED) is 0.682. The summed E-state index contributed by atoms with van der Waals surface area (Å²) in [6.45, 7) is 3.11. The average molecular weight is 409 g/mol. The Kier molecular flexibility index (Phi) is 5.77. The fourth-order valence-corrected chi connectivity index (χ4v) is 3.14. The Balaban J connectivity index is 1.68. The van der Waals surface area contributed by atoms with Gasteiger partial charge in [0.05, 0.1) is 28.0 Å². The van der Waals surface area contributed by atoms with Crippen molar-refractivity contribution in [3.05, 3.63) is 35.2 Å². The molecule has 0 aliphatic heterocycles. The van der Waals surface area contributed by atoms with Gasteiger partial charge in [-0.1, -0.05) is 0 Å². The minimum atomic E-state index is -4.52. The van der Waals surface area contributed by atoms with Gasteiger partial charge in [-0.3, -0.25) is 4.79 Å². The van der Waals surface area contributed by atoms with Gasteiger partial charge in [-0.2, -0.15) is 13.2 Å². The number of benzene rings is 1. The highest BCUT2D eigenvalue weighted by molar-refractivity contribution is 5.94. The molecule has 0 bridgehead atoms. The van der Waals surface area contributed by atoms with E-state index in [1.807, 2.05) is 6.92 Å². The molecule has 0 radical (unpaired) electrons. The first kappa shape index (κ1) is 21.0. The fourth-order valence-electron chi connectivity index (χ4n) is 3.14. The summed E-state index contributed by atoms with van der Waals surface area (Å²) in [7, 11) is 0. The number of carbonyl (C=O) groups is 2. The van der Waals surface area contributed by atoms with Gasteiger partial charge in [-0.25, -0.2) is 14.8 Å². The number of alkyl halides is 3. The zero-order valence-electron chi connectivity index (χ0n) is 16.4. The number of hydrogen-bond donors (Lipinski definition) is 0. The number of rotatable bonds is 6. The molecule has 1 aliphatic rings. The van der Waals surface area contributed by atoms with Crippen LogP contribution in [0, 0.1) is 19.8 Å². The minimum absolute atomic E-state index is 0.0581. The fraction of sp³-hybridized carbons (Fsp3) is 0.500. The van der Waals surface area contributed by atoms with Crippen LogP contribution in [0.4, 0.5) is 13.2 Å². The van der Waals surface area contributed by atoms with Gasteiger partial charge in [0.1, 0.15) is 6.54 Å². The molecule has 1 amide bonds. The number of aromatic nitrogens is 2. The van der Waals surface area contributed by atoms with Gasteiger partial charge < -0.3 is 9.64 Å². The Morgan fingerprint density at radius 3 is 2.38 bits per heavy atom. The maximum Gasteiger partial charge on any atom is 0.406 e. The number of aryl methyl sites for hydroxylation is 2. The molecule has 1 heterocycles. The van der Waals surface area contributed by atoms with Crippen molar-refractivity contribution in [3.63, 3.8) is 0 Å². The Hall–Kier alpha value is -2.71. The summed E-state index contributed by atoms with van der Waals surface area (Å²) in [6.07, 6.45) is -2.94. The van der Waals surface area contributed by atoms with Crippen LogP contribution < -0.4 is 0 Å². The predicted octanol–water partition coefficient (Wildman–Crippen LogP) is 3.59. The lowest BCUT2D eigenvalue weighted by atomic mass is 10.1. The number of carbonyl (C=O) groups excluding carboxylic acids is 2. The number of ether oxygens (including phenoxy) is 1. The maximum atomic E-state index is 12.9. The van der Waals surface area contributed by atoms with Crippen molar-refractivity contribution in [2.24, 2.45) is 5.92 Å². The molecule has 1 aromatic heterocycles. The zero-order chi connectivity index (χ0) is 21.3. The van der Waals surface area contributed by atoms with Gasteiger partial charge in [0, 0.05) is 6.04 Å². The summed E-state index contributed by atoms with van der Waals surface area (Å²) in [5.41, 5.74) is 2.74. The van der Waals surface area contributed by atoms with Crippen LogP contribution in [0.15, 0.2) is 18.2 Å². The SMILES string of the molecule is Cc1nc2ccc(C(=O)OCC(=O)N(CC(F)(F)F)[C@@H](C)C3CC3)cc2nc1C. The molecule has 1 aromatic carbocycles. The van der Waals surface area contributed by atoms with E-state index in [0.717, 1.165) is 29.1 Å². The average Bonchev–Trinajstić information content (AvgIpc) is 3.48. The molecule has 0 spiro atoms. The summed E-state index contributed by atoms with van der Waals surface area (Å²) in [4.78, 5) is 34.1. The monoisotopic (exact) mass is 409 g/mol. The van der Waals surface area contributed by atoms with Gasteiger partial charge in [0.25, 0.3) is 5.91 Å². The van der Waals surface area contributed by atoms with E-state index in [-0.39, 0.29) is 11.5 Å². The second kappa shape index (κ2) is 7.96. The maximum absolute atomic E-state index is 12.9. The molecule has 0 unspecified atom stereocenters. The van der Waals surface area contributed by atoms with Crippen molar-refractivity contribution in [2.75, 3.05) is 13.2 Å². The number of hydrogen-bond acceptors (Lipinski definition) is 5. The van der Waals surface area contributed by atoms with Crippen molar-refractivity contribution >= 4 is 22.9 Å². The van der Waals surface area contributed by atoms with Crippen LogP contribution in [0.5, 0.6) is 0 Å². The molecular weight excluding hydrogens is 387 g/mol. The largest absolute Gasteiger partial charge is 0.452 e. The minimum Gasteiger partial charge on any atom is -0.452 e. The zero-order valence-corrected chi connectivity index (χ0v) is 16.4. The number of halogens is 3. The number of amides is 1. The Morgan fingerprint density at radius 2 is 1.79 bits per heavy atom. The van der Waals surface area contributed by atoms with E-state index in [2.05, 4.69) is 9.97 Å². The molecule has 156 valence electrons. The molecule has 0 saturated heterocycles. The van der Waals surface area contributed by atoms with E-state index in [4.69, 9.17) is 4.74 Å². The van der Waals surface area contributed by atoms with Gasteiger partial charge in [0.2, 0.25) is 0 Å². The molecule has 1 fully saturated rings. The molecule has 6 nitrogen and oxygen atoms in total. The lowest BCUT2D eigenvalue weighted by molar-refractivity contribution is -0.167. The summed E-state index contributed by atoms with van der Waals surface area (Å²) in [5.74, 6) is -1.60. The van der Waals surface area contributed by atoms with E-state index >= 15 is 0 Å². The van der Waals surface area contributed by atoms with E-state index in [9.17, 15) is 22.8 Å². The lowest BCUT2D eigenvalue weighted by Gasteiger charge is -2.30. The Labute approximate surface area is 166 Å². The van der Waals surface area contributed by atoms with Crippen LogP contribution in [0.2, 0.25) is 0 Å². The second-order valence-electron chi connectivity index (χ2n) is 7.39. The molecule has 1 atom stereocenters. The third kappa shape index (κ3) is 5.21. The molecule has 2 aromatic rings. The van der Waals surface area contributed by atoms with Gasteiger partial charge in [-0.15, -0.1) is 0 Å². The van der Waals surface area contributed by atoms with Crippen molar-refractivity contribution in [1.29, 1.82) is 0 Å². The highest BCUT2D eigenvalue weighted by Crippen LogP contribution is 2.36. The highest BCUT2D eigenvalue weighted by atomic mass is 19.4. The first-order valence-electron chi connectivity index (χ1n) is 9.33. The van der Waals surface area contributed by atoms with Crippen LogP contribution >= 0.6 is 0 Å². The standard InChI is InChI=1S/C20H22F3N3O3/c1-11-12(2)25-17-8-15(6-7-16(17)24-11)19(28)29-9-18(27)26(10-20(21,22)23)13(3)14-4-5-14/h6-8,13-14H,4-5,9-10H2,1-3H3/t13-/m0/s1. The molecule has 29 heavy (non-hydrogen) atoms. The molecule has 0 N–H and O–H groups in total. The second-order valence-corrected chi connectivity index (χ2v) is 7.39. The van der Waals surface area contributed by atoms with Crippen LogP contribution in [0.1, 0.15) is 41.5 Å². The van der Waals surface area contributed by atoms with Gasteiger partial charge in [-0.05, 0) is 57.7 Å². The third-order valence-corrected chi connectivity index (χ3v) is 5.10. The topological polar surface area (TPSA) is 72.4 Å². The predicted molar refractivity (Wildman–Crippen MR) is 99.2 cm³/mol. The molecule has 3 rings (SSSR count). The first-order chi connectivity index (χ1) is 13.5. The normalized spacial score (nSPS) is 15.2. The van der Waals surface area contributed by atoms with Crippen molar-refractivity contribution in [3.8, 4) is 0 Å². The van der Waals surface area contributed by atoms with Crippen LogP contribution in [0.25, 0.3) is 11.0 Å². The summed E-state index contributed by atoms with van der Waals surface area (Å²) in [6, 6.07) is 4.03. The van der Waals surface area contributed by atoms with E-state index in [0.29, 0.717) is 11.0 Å². The first-order valence-corrected chi connectivity index (χ1v) is 9.33. The third-order valence-electron chi connectivity index (χ3n) is 5.10. The van der Waals surface area contributed by atoms with Crippen LogP contribution in [0.3, 0.4) is 0 Å². The number of nitrogens with zero attached hydrogens (tertiary/aromatic N) is 3. The number of fused-ring (bicyclic) bond motifs is 1. The van der Waals surface area contributed by atoms with Crippen molar-refractivity contribution in [2.45, 2.75) is 45.8 Å². The van der Waals surface area contributed by atoms with Crippen molar-refractivity contribution < 1.29 is 27.5 Å². The Morgan fingerprint density at radius 1 is 1.17 bits per heavy atom. The highest BCUT2D eigenvalue weighted by Gasteiger charge is 2.40. The Bertz CT molecular complexity index is 942. The molecular formula is C20H22F3N3O3. The lowest BCUT2D eigenvalue weighted by Crippen LogP contribution is -2.47. The van der Waals surface area contributed by atoms with Gasteiger partial charge in [0.15, 0.2) is 6.61 Å². The van der Waals surface area contributed by atoms with E-state index < -0.39 is 37.2 Å². The molecule has 1 saturated carbocycles. The van der Waals surface area contributed by atoms with E-state index in [1.165, 1.54) is 12.1 Å². The summed E-state index contributed by atoms with van der Waals surface area (Å²) >= 11 is 0. The molecule has 9 heteroatoms. The summed E-state index contributed by atoms with van der Waals surface area (Å²) < 4.78 is 43.6. The van der Waals surface area contributed by atoms with Crippen molar-refractivity contribution in [1.82, 2.24) is 14.9 Å². The summed E-state index contributed by atoms with van der Waals surface area (Å²) in [5, 5.41) is 0. The smallest absolute Gasteiger partial charge is 0.406 e. The van der Waals surface area contributed by atoms with Crippen LogP contribution in [-0.2, 0) is 9.53 Å².